The lowest BCUT2D eigenvalue weighted by atomic mass is 10.0. The van der Waals surface area contributed by atoms with Gasteiger partial charge in [0.05, 0.1) is 9.40 Å². The predicted molar refractivity (Wildman–Crippen MR) is 204 cm³/mol. The lowest BCUT2D eigenvalue weighted by Crippen LogP contribution is -1.87. The predicted octanol–water partition coefficient (Wildman–Crippen LogP) is 15.6. The van der Waals surface area contributed by atoms with Gasteiger partial charge in [0.25, 0.3) is 0 Å². The van der Waals surface area contributed by atoms with E-state index >= 15 is 0 Å². The molecule has 0 spiro atoms. The Morgan fingerprint density at radius 2 is 0.814 bits per heavy atom. The molecule has 0 bridgehead atoms. The summed E-state index contributed by atoms with van der Waals surface area (Å²) in [5.41, 5.74) is 3.15. The van der Waals surface area contributed by atoms with E-state index in [0.717, 1.165) is 0 Å². The number of aryl methyl sites for hydroxylation is 4. The van der Waals surface area contributed by atoms with E-state index in [-0.39, 0.29) is 0 Å². The Hall–Kier alpha value is -0.980. The fourth-order valence-corrected chi connectivity index (χ4v) is 12.8. The zero-order valence-corrected chi connectivity index (χ0v) is 31.2. The van der Waals surface area contributed by atoms with Crippen molar-refractivity contribution < 1.29 is 0 Å². The van der Waals surface area contributed by atoms with Crippen LogP contribution in [-0.4, -0.2) is 0 Å². The molecule has 0 aliphatic rings. The molecular formula is C38H52S5. The van der Waals surface area contributed by atoms with Gasteiger partial charge in [0.1, 0.15) is 0 Å². The van der Waals surface area contributed by atoms with Gasteiger partial charge in [-0.3, -0.25) is 0 Å². The maximum Gasteiger partial charge on any atom is 0.0636 e. The third kappa shape index (κ3) is 9.06. The smallest absolute Gasteiger partial charge is 0.0636 e. The van der Waals surface area contributed by atoms with Gasteiger partial charge in [-0.25, -0.2) is 0 Å². The van der Waals surface area contributed by atoms with Crippen LogP contribution in [-0.2, 0) is 12.8 Å². The van der Waals surface area contributed by atoms with E-state index in [2.05, 4.69) is 52.0 Å². The molecule has 0 fully saturated rings. The Morgan fingerprint density at radius 1 is 0.419 bits per heavy atom. The van der Waals surface area contributed by atoms with Crippen LogP contribution < -0.4 is 0 Å². The van der Waals surface area contributed by atoms with Crippen LogP contribution in [0.1, 0.15) is 137 Å². The van der Waals surface area contributed by atoms with Gasteiger partial charge in [-0.15, -0.1) is 56.7 Å². The first kappa shape index (κ1) is 33.4. The molecule has 0 radical (unpaired) electrons. The number of fused-ring (bicyclic) bond motifs is 3. The van der Waals surface area contributed by atoms with Gasteiger partial charge in [-0.1, -0.05) is 104 Å². The highest BCUT2D eigenvalue weighted by atomic mass is 32.1. The molecule has 5 heterocycles. The molecule has 0 amide bonds. The van der Waals surface area contributed by atoms with Crippen molar-refractivity contribution in [1.82, 2.24) is 0 Å². The average molecular weight is 669 g/mol. The number of rotatable bonds is 20. The molecule has 5 aromatic heterocycles. The highest BCUT2D eigenvalue weighted by Crippen LogP contribution is 2.50. The topological polar surface area (TPSA) is 0 Å². The van der Waals surface area contributed by atoms with Crippen molar-refractivity contribution in [3.8, 4) is 19.5 Å². The van der Waals surface area contributed by atoms with Crippen LogP contribution in [0.15, 0.2) is 24.3 Å². The normalized spacial score (nSPS) is 12.0. The highest BCUT2D eigenvalue weighted by Gasteiger charge is 2.19. The summed E-state index contributed by atoms with van der Waals surface area (Å²) in [7, 11) is 0. The standard InChI is InChI=1S/C38H52S5/c1-5-7-9-10-11-12-13-14-15-16-17-18-19-20-22-30-24-28(4)40-36(30)32-26-34-38(43-32)37-33(41-34)25-31(42-37)35-29(21-8-6-2)23-27(3)39-35/h23-26H,5-22H2,1-4H3. The van der Waals surface area contributed by atoms with E-state index in [1.165, 1.54) is 159 Å². The molecule has 0 aliphatic heterocycles. The molecule has 0 saturated carbocycles. The molecule has 5 rings (SSSR count). The second kappa shape index (κ2) is 17.1. The minimum atomic E-state index is 1.21. The Morgan fingerprint density at radius 3 is 1.26 bits per heavy atom. The average Bonchev–Trinajstić information content (AvgIpc) is 3.79. The fourth-order valence-electron chi connectivity index (χ4n) is 6.36. The summed E-state index contributed by atoms with van der Waals surface area (Å²) in [6.07, 6.45) is 25.0. The minimum absolute atomic E-state index is 1.21. The first-order chi connectivity index (χ1) is 21.1. The van der Waals surface area contributed by atoms with Crippen LogP contribution in [0.2, 0.25) is 0 Å². The zero-order valence-electron chi connectivity index (χ0n) is 27.1. The molecule has 0 atom stereocenters. The first-order valence-electron chi connectivity index (χ1n) is 17.2. The summed E-state index contributed by atoms with van der Waals surface area (Å²) in [5.74, 6) is 0. The third-order valence-corrected chi connectivity index (χ3v) is 15.1. The van der Waals surface area contributed by atoms with Crippen molar-refractivity contribution >= 4 is 75.5 Å². The van der Waals surface area contributed by atoms with Crippen molar-refractivity contribution in [2.75, 3.05) is 0 Å². The summed E-state index contributed by atoms with van der Waals surface area (Å²) in [6.45, 7) is 9.16. The Bertz CT molecular complexity index is 1530. The molecule has 0 aromatic carbocycles. The van der Waals surface area contributed by atoms with Crippen molar-refractivity contribution in [3.63, 3.8) is 0 Å². The highest BCUT2D eigenvalue weighted by molar-refractivity contribution is 7.41. The van der Waals surface area contributed by atoms with Crippen molar-refractivity contribution in [2.45, 2.75) is 143 Å². The van der Waals surface area contributed by atoms with Crippen LogP contribution >= 0.6 is 56.7 Å². The summed E-state index contributed by atoms with van der Waals surface area (Å²) in [6, 6.07) is 9.89. The number of hydrogen-bond acceptors (Lipinski definition) is 5. The largest absolute Gasteiger partial charge is 0.139 e. The van der Waals surface area contributed by atoms with E-state index in [1.807, 2.05) is 56.7 Å². The molecule has 234 valence electrons. The van der Waals surface area contributed by atoms with Crippen LogP contribution in [0, 0.1) is 13.8 Å². The Kier molecular flexibility index (Phi) is 13.3. The van der Waals surface area contributed by atoms with Crippen molar-refractivity contribution in [1.29, 1.82) is 0 Å². The molecule has 0 saturated heterocycles. The van der Waals surface area contributed by atoms with Crippen LogP contribution in [0.3, 0.4) is 0 Å². The lowest BCUT2D eigenvalue weighted by Gasteiger charge is -2.04. The van der Waals surface area contributed by atoms with Gasteiger partial charge >= 0.3 is 0 Å². The molecule has 43 heavy (non-hydrogen) atoms. The molecule has 0 aliphatic carbocycles. The maximum atomic E-state index is 2.50. The lowest BCUT2D eigenvalue weighted by molar-refractivity contribution is 0.535. The summed E-state index contributed by atoms with van der Waals surface area (Å²) in [5, 5.41) is 0. The van der Waals surface area contributed by atoms with E-state index in [4.69, 9.17) is 0 Å². The molecule has 5 aromatic rings. The second-order valence-corrected chi connectivity index (χ2v) is 18.3. The van der Waals surface area contributed by atoms with E-state index < -0.39 is 0 Å². The van der Waals surface area contributed by atoms with Gasteiger partial charge < -0.3 is 0 Å². The summed E-state index contributed by atoms with van der Waals surface area (Å²) >= 11 is 10.1. The van der Waals surface area contributed by atoms with E-state index in [1.54, 1.807) is 16.0 Å². The van der Waals surface area contributed by atoms with Gasteiger partial charge in [-0.2, -0.15) is 0 Å². The van der Waals surface area contributed by atoms with E-state index in [9.17, 15) is 0 Å². The molecule has 0 nitrogen and oxygen atoms in total. The monoisotopic (exact) mass is 668 g/mol. The SMILES string of the molecule is CCCCCCCCCCCCCCCCc1cc(C)sc1-c1cc2sc3cc(-c4sc(C)cc4CCCC)sc3c2s1. The van der Waals surface area contributed by atoms with Gasteiger partial charge in [0.15, 0.2) is 0 Å². The quantitative estimate of drug-likeness (QED) is 0.0724. The van der Waals surface area contributed by atoms with E-state index in [0.29, 0.717) is 0 Å². The first-order valence-corrected chi connectivity index (χ1v) is 21.3. The Labute approximate surface area is 281 Å². The molecular weight excluding hydrogens is 617 g/mol. The van der Waals surface area contributed by atoms with Gasteiger partial charge in [0, 0.05) is 38.7 Å². The number of unbranched alkanes of at least 4 members (excludes halogenated alkanes) is 14. The Balaban J connectivity index is 1.12. The maximum absolute atomic E-state index is 2.50. The summed E-state index contributed by atoms with van der Waals surface area (Å²) < 4.78 is 5.99. The van der Waals surface area contributed by atoms with Gasteiger partial charge in [-0.05, 0) is 74.9 Å². The van der Waals surface area contributed by atoms with Crippen molar-refractivity contribution in [2.24, 2.45) is 0 Å². The number of hydrogen-bond donors (Lipinski definition) is 0. The van der Waals surface area contributed by atoms with Crippen LogP contribution in [0.25, 0.3) is 38.3 Å². The van der Waals surface area contributed by atoms with Crippen LogP contribution in [0.5, 0.6) is 0 Å². The summed E-state index contributed by atoms with van der Waals surface area (Å²) in [4.78, 5) is 8.94. The molecule has 0 unspecified atom stereocenters. The zero-order chi connectivity index (χ0) is 30.0. The minimum Gasteiger partial charge on any atom is -0.139 e. The van der Waals surface area contributed by atoms with Gasteiger partial charge in [0.2, 0.25) is 0 Å². The molecule has 5 heteroatoms. The second-order valence-electron chi connectivity index (χ2n) is 12.6. The third-order valence-electron chi connectivity index (χ3n) is 8.73. The fraction of sp³-hybridized carbons (Fsp3) is 0.579. The van der Waals surface area contributed by atoms with Crippen molar-refractivity contribution in [3.05, 3.63) is 45.1 Å². The number of thiophene rings is 5. The van der Waals surface area contributed by atoms with Crippen LogP contribution in [0.4, 0.5) is 0 Å². The molecule has 0 N–H and O–H groups in total.